The van der Waals surface area contributed by atoms with Crippen molar-refractivity contribution < 1.29 is 1.37 Å². The van der Waals surface area contributed by atoms with Crippen molar-refractivity contribution in [1.29, 1.82) is 0 Å². The molecule has 0 nitrogen and oxygen atoms in total. The molecule has 0 aromatic heterocycles. The summed E-state index contributed by atoms with van der Waals surface area (Å²) in [5.74, 6) is 0. The van der Waals surface area contributed by atoms with Gasteiger partial charge in [0, 0.05) is 0 Å². The summed E-state index contributed by atoms with van der Waals surface area (Å²) in [7, 11) is 0. The fraction of sp³-hybridized carbons (Fsp3) is 0. The molecule has 0 heteroatoms. The fourth-order valence-corrected chi connectivity index (χ4v) is 2.14. The van der Waals surface area contributed by atoms with E-state index < -0.39 is 0 Å². The van der Waals surface area contributed by atoms with E-state index in [0.717, 1.165) is 22.3 Å². The first-order chi connectivity index (χ1) is 9.36. The van der Waals surface area contributed by atoms with Gasteiger partial charge in [-0.05, 0) is 22.3 Å². The summed E-state index contributed by atoms with van der Waals surface area (Å²) in [6.45, 7) is 0. The van der Waals surface area contributed by atoms with Crippen molar-refractivity contribution in [1.82, 2.24) is 0 Å². The molecule has 0 amide bonds. The molecule has 0 unspecified atom stereocenters. The molecule has 3 aromatic carbocycles. The Labute approximate surface area is 109 Å². The molecule has 3 aromatic rings. The molecule has 3 rings (SSSR count). The SMILES string of the molecule is [2H]c1cccc(-c2ccccc2)c1-c1ccccc1. The van der Waals surface area contributed by atoms with Gasteiger partial charge in [0.15, 0.2) is 0 Å². The Kier molecular flexibility index (Phi) is 2.62. The van der Waals surface area contributed by atoms with Crippen LogP contribution in [0.4, 0.5) is 0 Å². The Morgan fingerprint density at radius 1 is 0.500 bits per heavy atom. The summed E-state index contributed by atoms with van der Waals surface area (Å²) >= 11 is 0. The molecular weight excluding hydrogens is 216 g/mol. The minimum Gasteiger partial charge on any atom is -0.0622 e. The van der Waals surface area contributed by atoms with Gasteiger partial charge in [0.05, 0.1) is 1.37 Å². The summed E-state index contributed by atoms with van der Waals surface area (Å²) in [5, 5.41) is 0. The van der Waals surface area contributed by atoms with Crippen molar-refractivity contribution in [3.05, 3.63) is 84.9 Å². The Hall–Kier alpha value is -2.34. The third-order valence-corrected chi connectivity index (χ3v) is 3.00. The molecule has 0 aliphatic carbocycles. The van der Waals surface area contributed by atoms with Gasteiger partial charge in [-0.25, -0.2) is 0 Å². The summed E-state index contributed by atoms with van der Waals surface area (Å²) in [4.78, 5) is 0. The van der Waals surface area contributed by atoms with Gasteiger partial charge in [-0.1, -0.05) is 84.9 Å². The van der Waals surface area contributed by atoms with E-state index in [1.807, 2.05) is 48.5 Å². The van der Waals surface area contributed by atoms with Crippen LogP contribution in [0.2, 0.25) is 0 Å². The van der Waals surface area contributed by atoms with Crippen molar-refractivity contribution in [2.75, 3.05) is 0 Å². The summed E-state index contributed by atoms with van der Waals surface area (Å²) in [5.41, 5.74) is 4.34. The number of benzene rings is 3. The van der Waals surface area contributed by atoms with Gasteiger partial charge in [0.1, 0.15) is 0 Å². The van der Waals surface area contributed by atoms with Crippen molar-refractivity contribution in [2.45, 2.75) is 0 Å². The van der Waals surface area contributed by atoms with Crippen LogP contribution in [0.5, 0.6) is 0 Å². The molecule has 0 spiro atoms. The van der Waals surface area contributed by atoms with Gasteiger partial charge in [-0.15, -0.1) is 0 Å². The monoisotopic (exact) mass is 231 g/mol. The van der Waals surface area contributed by atoms with E-state index in [1.54, 1.807) is 0 Å². The lowest BCUT2D eigenvalue weighted by molar-refractivity contribution is 1.58. The van der Waals surface area contributed by atoms with Crippen LogP contribution in [0.3, 0.4) is 0 Å². The van der Waals surface area contributed by atoms with Gasteiger partial charge < -0.3 is 0 Å². The quantitative estimate of drug-likeness (QED) is 0.581. The maximum Gasteiger partial charge on any atom is 0.0629 e. The molecule has 0 fully saturated rings. The highest BCUT2D eigenvalue weighted by Crippen LogP contribution is 2.31. The molecule has 0 saturated heterocycles. The summed E-state index contributed by atoms with van der Waals surface area (Å²) in [6.07, 6.45) is 0. The second-order valence-electron chi connectivity index (χ2n) is 4.19. The Balaban J connectivity index is 2.25. The maximum absolute atomic E-state index is 8.20. The number of hydrogen-bond acceptors (Lipinski definition) is 0. The molecular formula is C18H14. The summed E-state index contributed by atoms with van der Waals surface area (Å²) in [6, 6.07) is 26.8. The topological polar surface area (TPSA) is 0 Å². The molecule has 0 radical (unpaired) electrons. The fourth-order valence-electron chi connectivity index (χ4n) is 2.14. The van der Waals surface area contributed by atoms with Crippen LogP contribution >= 0.6 is 0 Å². The van der Waals surface area contributed by atoms with Crippen LogP contribution in [0.1, 0.15) is 1.37 Å². The van der Waals surface area contributed by atoms with Crippen LogP contribution < -0.4 is 0 Å². The Morgan fingerprint density at radius 3 is 1.61 bits per heavy atom. The van der Waals surface area contributed by atoms with Crippen LogP contribution in [0.25, 0.3) is 22.3 Å². The van der Waals surface area contributed by atoms with Crippen LogP contribution in [0, 0.1) is 0 Å². The molecule has 0 bridgehead atoms. The minimum absolute atomic E-state index is 0.563. The minimum atomic E-state index is 0.563. The lowest BCUT2D eigenvalue weighted by atomic mass is 9.95. The second kappa shape index (κ2) is 4.89. The van der Waals surface area contributed by atoms with Crippen molar-refractivity contribution in [2.24, 2.45) is 0 Å². The molecule has 0 aliphatic heterocycles. The Morgan fingerprint density at radius 2 is 1.00 bits per heavy atom. The first-order valence-electron chi connectivity index (χ1n) is 6.57. The zero-order valence-electron chi connectivity index (χ0n) is 11.0. The highest BCUT2D eigenvalue weighted by atomic mass is 14.1. The van der Waals surface area contributed by atoms with E-state index in [0.29, 0.717) is 6.04 Å². The summed E-state index contributed by atoms with van der Waals surface area (Å²) < 4.78 is 8.20. The normalized spacial score (nSPS) is 11.0. The van der Waals surface area contributed by atoms with E-state index in [-0.39, 0.29) is 0 Å². The predicted molar refractivity (Wildman–Crippen MR) is 77.3 cm³/mol. The van der Waals surface area contributed by atoms with E-state index in [2.05, 4.69) is 30.3 Å². The van der Waals surface area contributed by atoms with Gasteiger partial charge in [-0.2, -0.15) is 0 Å². The smallest absolute Gasteiger partial charge is 0.0622 e. The zero-order chi connectivity index (χ0) is 13.1. The lowest BCUT2D eigenvalue weighted by Gasteiger charge is -2.09. The highest BCUT2D eigenvalue weighted by Gasteiger charge is 2.05. The molecule has 0 saturated carbocycles. The van der Waals surface area contributed by atoms with E-state index in [9.17, 15) is 0 Å². The highest BCUT2D eigenvalue weighted by molar-refractivity contribution is 5.83. The van der Waals surface area contributed by atoms with Crippen molar-refractivity contribution in [3.63, 3.8) is 0 Å². The first kappa shape index (κ1) is 9.67. The molecule has 18 heavy (non-hydrogen) atoms. The van der Waals surface area contributed by atoms with Crippen LogP contribution in [-0.2, 0) is 0 Å². The van der Waals surface area contributed by atoms with Gasteiger partial charge >= 0.3 is 0 Å². The average molecular weight is 231 g/mol. The molecule has 0 heterocycles. The zero-order valence-corrected chi connectivity index (χ0v) is 10.0. The van der Waals surface area contributed by atoms with E-state index in [4.69, 9.17) is 1.37 Å². The number of hydrogen-bond donors (Lipinski definition) is 0. The van der Waals surface area contributed by atoms with Gasteiger partial charge in [-0.3, -0.25) is 0 Å². The average Bonchev–Trinajstić information content (AvgIpc) is 2.49. The third kappa shape index (κ3) is 2.05. The van der Waals surface area contributed by atoms with Crippen LogP contribution in [0.15, 0.2) is 84.9 Å². The van der Waals surface area contributed by atoms with Crippen molar-refractivity contribution >= 4 is 0 Å². The second-order valence-corrected chi connectivity index (χ2v) is 4.19. The predicted octanol–water partition coefficient (Wildman–Crippen LogP) is 5.02. The molecule has 0 aliphatic rings. The molecule has 0 atom stereocenters. The number of rotatable bonds is 2. The largest absolute Gasteiger partial charge is 0.0629 e. The first-order valence-corrected chi connectivity index (χ1v) is 6.07. The lowest BCUT2D eigenvalue weighted by Crippen LogP contribution is -1.83. The van der Waals surface area contributed by atoms with Crippen LogP contribution in [-0.4, -0.2) is 0 Å². The van der Waals surface area contributed by atoms with E-state index >= 15 is 0 Å². The molecule has 0 N–H and O–H groups in total. The van der Waals surface area contributed by atoms with Gasteiger partial charge in [0.2, 0.25) is 0 Å². The Bertz CT molecular complexity index is 673. The standard InChI is InChI=1S/C18H14/c1-3-9-15(10-4-1)17-13-7-8-14-18(17)16-11-5-2-6-12-16/h1-14H/i13D. The van der Waals surface area contributed by atoms with Gasteiger partial charge in [0.25, 0.3) is 0 Å². The van der Waals surface area contributed by atoms with Crippen molar-refractivity contribution in [3.8, 4) is 22.3 Å². The van der Waals surface area contributed by atoms with E-state index in [1.165, 1.54) is 0 Å². The maximum atomic E-state index is 8.20. The molecule has 86 valence electrons. The third-order valence-electron chi connectivity index (χ3n) is 3.00.